The van der Waals surface area contributed by atoms with Crippen molar-refractivity contribution in [3.63, 3.8) is 0 Å². The molecule has 1 fully saturated rings. The Morgan fingerprint density at radius 3 is 3.00 bits per heavy atom. The van der Waals surface area contributed by atoms with Crippen LogP contribution in [0.15, 0.2) is 12.1 Å². The fourth-order valence-corrected chi connectivity index (χ4v) is 3.36. The molecule has 1 aromatic carbocycles. The molecule has 1 heterocycles. The van der Waals surface area contributed by atoms with Gasteiger partial charge in [0.1, 0.15) is 5.75 Å². The zero-order valence-electron chi connectivity index (χ0n) is 9.92. The maximum atomic E-state index is 6.16. The summed E-state index contributed by atoms with van der Waals surface area (Å²) >= 11 is 6.16. The van der Waals surface area contributed by atoms with Crippen LogP contribution in [0.25, 0.3) is 0 Å². The van der Waals surface area contributed by atoms with Gasteiger partial charge in [0.2, 0.25) is 0 Å². The van der Waals surface area contributed by atoms with Crippen LogP contribution < -0.4 is 10.5 Å². The molecule has 2 aliphatic rings. The van der Waals surface area contributed by atoms with Gasteiger partial charge in [-0.3, -0.25) is 0 Å². The Labute approximate surface area is 107 Å². The maximum absolute atomic E-state index is 6.16. The van der Waals surface area contributed by atoms with E-state index < -0.39 is 0 Å². The Bertz CT molecular complexity index is 432. The van der Waals surface area contributed by atoms with Crippen molar-refractivity contribution in [1.29, 1.82) is 0 Å². The molecule has 1 aliphatic heterocycles. The first-order chi connectivity index (χ1) is 8.24. The van der Waals surface area contributed by atoms with Crippen LogP contribution in [-0.2, 0) is 12.8 Å². The summed E-state index contributed by atoms with van der Waals surface area (Å²) in [4.78, 5) is 0. The van der Waals surface area contributed by atoms with Crippen molar-refractivity contribution in [1.82, 2.24) is 0 Å². The van der Waals surface area contributed by atoms with Crippen molar-refractivity contribution in [2.75, 3.05) is 6.61 Å². The molecule has 0 amide bonds. The number of fused-ring (bicyclic) bond motifs is 1. The zero-order valence-corrected chi connectivity index (χ0v) is 10.7. The molecule has 0 bridgehead atoms. The van der Waals surface area contributed by atoms with E-state index in [9.17, 15) is 0 Å². The number of ether oxygens (including phenoxy) is 1. The summed E-state index contributed by atoms with van der Waals surface area (Å²) in [5.74, 6) is 1.68. The third kappa shape index (κ3) is 2.16. The van der Waals surface area contributed by atoms with Crippen molar-refractivity contribution in [2.45, 2.75) is 38.1 Å². The lowest BCUT2D eigenvalue weighted by Crippen LogP contribution is -2.26. The highest BCUT2D eigenvalue weighted by Gasteiger charge is 2.26. The van der Waals surface area contributed by atoms with Gasteiger partial charge in [0.15, 0.2) is 0 Å². The SMILES string of the molecule is NC1CCCC1Cc1cc(Cl)cc2c1OCC2. The van der Waals surface area contributed by atoms with Crippen LogP contribution in [-0.4, -0.2) is 12.6 Å². The Hall–Kier alpha value is -0.730. The predicted molar refractivity (Wildman–Crippen MR) is 69.7 cm³/mol. The largest absolute Gasteiger partial charge is 0.493 e. The van der Waals surface area contributed by atoms with Crippen LogP contribution in [0, 0.1) is 5.92 Å². The monoisotopic (exact) mass is 251 g/mol. The predicted octanol–water partition coefficient (Wildman–Crippen LogP) is 2.94. The van der Waals surface area contributed by atoms with Crippen molar-refractivity contribution >= 4 is 11.6 Å². The molecule has 1 saturated carbocycles. The van der Waals surface area contributed by atoms with E-state index in [1.807, 2.05) is 6.07 Å². The van der Waals surface area contributed by atoms with Gasteiger partial charge in [-0.25, -0.2) is 0 Å². The average Bonchev–Trinajstić information content (AvgIpc) is 2.88. The smallest absolute Gasteiger partial charge is 0.125 e. The molecule has 1 aromatic rings. The topological polar surface area (TPSA) is 35.2 Å². The zero-order chi connectivity index (χ0) is 11.8. The fourth-order valence-electron chi connectivity index (χ4n) is 3.10. The number of halogens is 1. The second-order valence-electron chi connectivity index (χ2n) is 5.21. The minimum atomic E-state index is 0.353. The highest BCUT2D eigenvalue weighted by atomic mass is 35.5. The standard InChI is InChI=1S/C14H18ClNO/c15-12-7-10-4-5-17-14(10)11(8-12)6-9-2-1-3-13(9)16/h7-9,13H,1-6,16H2. The second kappa shape index (κ2) is 4.51. The van der Waals surface area contributed by atoms with Gasteiger partial charge in [0.05, 0.1) is 6.61 Å². The van der Waals surface area contributed by atoms with Crippen LogP contribution in [0.1, 0.15) is 30.4 Å². The van der Waals surface area contributed by atoms with Crippen molar-refractivity contribution in [3.05, 3.63) is 28.3 Å². The van der Waals surface area contributed by atoms with E-state index in [-0.39, 0.29) is 0 Å². The highest BCUT2D eigenvalue weighted by molar-refractivity contribution is 6.30. The molecule has 3 heteroatoms. The molecule has 0 radical (unpaired) electrons. The second-order valence-corrected chi connectivity index (χ2v) is 5.65. The van der Waals surface area contributed by atoms with Gasteiger partial charge in [0, 0.05) is 17.5 Å². The molecule has 2 atom stereocenters. The van der Waals surface area contributed by atoms with E-state index in [0.29, 0.717) is 12.0 Å². The fraction of sp³-hybridized carbons (Fsp3) is 0.571. The van der Waals surface area contributed by atoms with Gasteiger partial charge < -0.3 is 10.5 Å². The molecular formula is C14H18ClNO. The lowest BCUT2D eigenvalue weighted by Gasteiger charge is -2.17. The van der Waals surface area contributed by atoms with Crippen LogP contribution in [0.3, 0.4) is 0 Å². The third-order valence-corrected chi connectivity index (χ3v) is 4.24. The van der Waals surface area contributed by atoms with Crippen LogP contribution in [0.4, 0.5) is 0 Å². The molecular weight excluding hydrogens is 234 g/mol. The summed E-state index contributed by atoms with van der Waals surface area (Å²) in [6, 6.07) is 4.43. The van der Waals surface area contributed by atoms with E-state index in [1.54, 1.807) is 0 Å². The lowest BCUT2D eigenvalue weighted by molar-refractivity contribution is 0.349. The third-order valence-electron chi connectivity index (χ3n) is 4.03. The van der Waals surface area contributed by atoms with Gasteiger partial charge in [-0.2, -0.15) is 0 Å². The Morgan fingerprint density at radius 2 is 2.24 bits per heavy atom. The van der Waals surface area contributed by atoms with Gasteiger partial charge in [-0.15, -0.1) is 0 Å². The quantitative estimate of drug-likeness (QED) is 0.877. The lowest BCUT2D eigenvalue weighted by atomic mass is 9.93. The molecule has 1 aliphatic carbocycles. The molecule has 0 spiro atoms. The molecule has 2 unspecified atom stereocenters. The number of hydrogen-bond donors (Lipinski definition) is 1. The molecule has 92 valence electrons. The summed E-state index contributed by atoms with van der Waals surface area (Å²) in [5, 5.41) is 0.829. The molecule has 2 N–H and O–H groups in total. The maximum Gasteiger partial charge on any atom is 0.125 e. The van der Waals surface area contributed by atoms with E-state index >= 15 is 0 Å². The van der Waals surface area contributed by atoms with Crippen LogP contribution >= 0.6 is 11.6 Å². The number of nitrogens with two attached hydrogens (primary N) is 1. The highest BCUT2D eigenvalue weighted by Crippen LogP contribution is 2.36. The van der Waals surface area contributed by atoms with E-state index in [2.05, 4.69) is 6.07 Å². The summed E-state index contributed by atoms with van der Waals surface area (Å²) in [5.41, 5.74) is 8.66. The molecule has 3 rings (SSSR count). The van der Waals surface area contributed by atoms with Gasteiger partial charge in [0.25, 0.3) is 0 Å². The summed E-state index contributed by atoms with van der Waals surface area (Å²) < 4.78 is 5.73. The first-order valence-electron chi connectivity index (χ1n) is 6.44. The Kier molecular flexibility index (Phi) is 3.01. The Balaban J connectivity index is 1.87. The van der Waals surface area contributed by atoms with E-state index in [0.717, 1.165) is 36.6 Å². The summed E-state index contributed by atoms with van der Waals surface area (Å²) in [7, 11) is 0. The minimum Gasteiger partial charge on any atom is -0.493 e. The van der Waals surface area contributed by atoms with Gasteiger partial charge in [-0.1, -0.05) is 18.0 Å². The van der Waals surface area contributed by atoms with Crippen LogP contribution in [0.2, 0.25) is 5.02 Å². The van der Waals surface area contributed by atoms with E-state index in [4.69, 9.17) is 22.1 Å². The van der Waals surface area contributed by atoms with Crippen molar-refractivity contribution < 1.29 is 4.74 Å². The number of hydrogen-bond acceptors (Lipinski definition) is 2. The number of rotatable bonds is 2. The first kappa shape index (κ1) is 11.4. The number of benzene rings is 1. The first-order valence-corrected chi connectivity index (χ1v) is 6.81. The summed E-state index contributed by atoms with van der Waals surface area (Å²) in [6.45, 7) is 0.791. The normalized spacial score (nSPS) is 26.9. The molecule has 0 saturated heterocycles. The van der Waals surface area contributed by atoms with Crippen molar-refractivity contribution in [2.24, 2.45) is 11.7 Å². The molecule has 17 heavy (non-hydrogen) atoms. The summed E-state index contributed by atoms with van der Waals surface area (Å²) in [6.07, 6.45) is 5.66. The van der Waals surface area contributed by atoms with Gasteiger partial charge >= 0.3 is 0 Å². The van der Waals surface area contributed by atoms with Crippen LogP contribution in [0.5, 0.6) is 5.75 Å². The molecule has 0 aromatic heterocycles. The average molecular weight is 252 g/mol. The Morgan fingerprint density at radius 1 is 1.35 bits per heavy atom. The minimum absolute atomic E-state index is 0.353. The van der Waals surface area contributed by atoms with Gasteiger partial charge in [-0.05, 0) is 48.4 Å². The molecule has 2 nitrogen and oxygen atoms in total. The van der Waals surface area contributed by atoms with E-state index in [1.165, 1.54) is 24.0 Å². The van der Waals surface area contributed by atoms with Crippen molar-refractivity contribution in [3.8, 4) is 5.75 Å².